The van der Waals surface area contributed by atoms with Crippen molar-refractivity contribution in [2.45, 2.75) is 647 Å². The summed E-state index contributed by atoms with van der Waals surface area (Å²) in [6.07, 6.45) is 91.4. The largest absolute Gasteiger partial charge is 0.494 e. The number of nitrogens with zero attached hydrogens (tertiary/aromatic N) is 2. The molecule has 0 aliphatic rings. The molecule has 129 heavy (non-hydrogen) atoms. The Balaban J connectivity index is 6.23. The van der Waals surface area contributed by atoms with E-state index < -0.39 is 5.41 Å². The van der Waals surface area contributed by atoms with E-state index in [0.717, 1.165) is 250 Å². The van der Waals surface area contributed by atoms with Gasteiger partial charge in [0.05, 0.1) is 11.5 Å². The van der Waals surface area contributed by atoms with Crippen LogP contribution in [0.2, 0.25) is 0 Å². The number of ether oxygens (including phenoxy) is 4. The summed E-state index contributed by atoms with van der Waals surface area (Å²) in [6.45, 7) is 36.5. The van der Waals surface area contributed by atoms with Crippen molar-refractivity contribution in [3.05, 3.63) is 11.2 Å². The monoisotopic (exact) mass is 1840 g/mol. The Hall–Kier alpha value is -2.84. The highest BCUT2D eigenvalue weighted by Gasteiger charge is 2.32. The molecule has 0 bridgehead atoms. The predicted molar refractivity (Wildman–Crippen MR) is 562 cm³/mol. The van der Waals surface area contributed by atoms with Gasteiger partial charge in [0.25, 0.3) is 0 Å². The van der Waals surface area contributed by atoms with Crippen molar-refractivity contribution in [3.8, 4) is 0 Å². The Labute approximate surface area is 809 Å². The van der Waals surface area contributed by atoms with Crippen LogP contribution in [-0.4, -0.2) is 115 Å². The van der Waals surface area contributed by atoms with E-state index >= 15 is 0 Å². The summed E-state index contributed by atoms with van der Waals surface area (Å²) in [7, 11) is 0. The molecule has 0 spiro atoms. The smallest absolute Gasteiger partial charge is 0.311 e. The van der Waals surface area contributed by atoms with Gasteiger partial charge in [-0.3, -0.25) is 33.8 Å². The van der Waals surface area contributed by atoms with Crippen molar-refractivity contribution in [3.63, 3.8) is 0 Å². The predicted octanol–water partition coefficient (Wildman–Crippen LogP) is 34.9. The normalized spacial score (nSPS) is 12.7. The van der Waals surface area contributed by atoms with Crippen LogP contribution >= 0.6 is 12.6 Å². The van der Waals surface area contributed by atoms with Gasteiger partial charge in [0.15, 0.2) is 0 Å². The third-order valence-electron chi connectivity index (χ3n) is 28.2. The quantitative estimate of drug-likeness (QED) is 0.0175. The second kappa shape index (κ2) is 92.8. The molecule has 2 unspecified atom stereocenters. The number of thiol groups is 1. The summed E-state index contributed by atoms with van der Waals surface area (Å²) in [5.74, 6) is 0.834. The molecule has 2 amide bonds. The van der Waals surface area contributed by atoms with Gasteiger partial charge in [0.1, 0.15) is 24.1 Å². The molecule has 2 atom stereocenters. The highest BCUT2D eigenvalue weighted by molar-refractivity contribution is 7.83. The lowest BCUT2D eigenvalue weighted by Gasteiger charge is -2.32. The van der Waals surface area contributed by atoms with E-state index in [4.69, 9.17) is 31.6 Å². The zero-order chi connectivity index (χ0) is 94.8. The number of nitrogens with one attached hydrogen (secondary N) is 2. The summed E-state index contributed by atoms with van der Waals surface area (Å²) in [5.41, 5.74) is -0.617. The molecule has 0 fully saturated rings. The molecule has 0 aliphatic heterocycles. The van der Waals surface area contributed by atoms with Crippen LogP contribution in [-0.2, 0) is 42.9 Å². The first-order valence-corrected chi connectivity index (χ1v) is 57.8. The number of carbonyl (C=O) groups is 5. The zero-order valence-electron chi connectivity index (χ0n) is 88.9. The molecule has 13 nitrogen and oxygen atoms in total. The van der Waals surface area contributed by atoms with Crippen molar-refractivity contribution >= 4 is 42.4 Å². The number of rotatable bonds is 102. The fourth-order valence-electron chi connectivity index (χ4n) is 18.8. The standard InChI is InChI=1S/C115H224N4O9S/c1-15-23-31-39-49-65-81-104(82-66-50-40-32-24-16-2)125-108(101-129)114(11,12)93-75-59-63-79-97-119(98-80-64-60-76-94-115(13,14)113(124)128-107(87-71-55-45-37-29-21-7)88-72-56-46-38-30-22-8)103(10)100-117-110(121)92-91-109(120)116-99-102(9)118(95-77-61-47-57-73-89-111(122)126-105(83-67-51-41-33-25-17-3)84-68-52-42-34-26-18-4)96-78-62-48-58-74-90-112(123)127-106(85-69-53-43-35-27-19-5)86-70-54-44-36-28-20-6/h101-107,129H,15-100H2,1-14H3,(H,116,120)(H,117,121)/b108-101+. The summed E-state index contributed by atoms with van der Waals surface area (Å²) in [6, 6.07) is 0.254. The molecular weight excluding hydrogens is 1610 g/mol. The van der Waals surface area contributed by atoms with Crippen LogP contribution in [0.25, 0.3) is 0 Å². The van der Waals surface area contributed by atoms with Crippen molar-refractivity contribution in [2.24, 2.45) is 10.8 Å². The van der Waals surface area contributed by atoms with Crippen LogP contribution < -0.4 is 10.6 Å². The number of hydrogen-bond donors (Lipinski definition) is 3. The topological polar surface area (TPSA) is 153 Å². The Morgan fingerprint density at radius 3 is 0.729 bits per heavy atom. The molecule has 0 aromatic rings. The molecular formula is C115H224N4O9S. The number of allylic oxidation sites excluding steroid dienone is 1. The average molecular weight is 1840 g/mol. The van der Waals surface area contributed by atoms with Gasteiger partial charge in [-0.05, 0) is 208 Å². The minimum atomic E-state index is -0.519. The maximum absolute atomic E-state index is 14.0. The maximum atomic E-state index is 14.0. The Bertz CT molecular complexity index is 2370. The highest BCUT2D eigenvalue weighted by Crippen LogP contribution is 2.37. The minimum absolute atomic E-state index is 0.0138. The Kier molecular flexibility index (Phi) is 90.8. The minimum Gasteiger partial charge on any atom is -0.494 e. The second-order valence-electron chi connectivity index (χ2n) is 41.9. The summed E-state index contributed by atoms with van der Waals surface area (Å²) in [5, 5.41) is 8.49. The fraction of sp³-hybridized carbons (Fsp3) is 0.939. The van der Waals surface area contributed by atoms with Crippen LogP contribution in [0, 0.1) is 10.8 Å². The van der Waals surface area contributed by atoms with Gasteiger partial charge in [0, 0.05) is 61.7 Å². The van der Waals surface area contributed by atoms with Crippen LogP contribution in [0.15, 0.2) is 11.2 Å². The van der Waals surface area contributed by atoms with Crippen LogP contribution in [0.1, 0.15) is 611 Å². The van der Waals surface area contributed by atoms with Gasteiger partial charge >= 0.3 is 17.9 Å². The third kappa shape index (κ3) is 79.9. The van der Waals surface area contributed by atoms with E-state index in [1.165, 1.54) is 270 Å². The molecule has 0 radical (unpaired) electrons. The Morgan fingerprint density at radius 1 is 0.264 bits per heavy atom. The first-order chi connectivity index (χ1) is 62.7. The lowest BCUT2D eigenvalue weighted by atomic mass is 9.85. The third-order valence-corrected chi connectivity index (χ3v) is 28.4. The highest BCUT2D eigenvalue weighted by atomic mass is 32.1. The number of esters is 3. The number of hydrogen-bond acceptors (Lipinski definition) is 12. The molecule has 0 aromatic heterocycles. The molecule has 0 aromatic carbocycles. The molecule has 14 heteroatoms. The molecule has 2 N–H and O–H groups in total. The molecule has 0 rings (SSSR count). The Morgan fingerprint density at radius 2 is 0.473 bits per heavy atom. The van der Waals surface area contributed by atoms with Crippen molar-refractivity contribution in [1.29, 1.82) is 0 Å². The van der Waals surface area contributed by atoms with Gasteiger partial charge in [-0.15, -0.1) is 12.6 Å². The lowest BCUT2D eigenvalue weighted by molar-refractivity contribution is -0.161. The van der Waals surface area contributed by atoms with Gasteiger partial charge < -0.3 is 29.6 Å². The van der Waals surface area contributed by atoms with E-state index in [1.54, 1.807) is 0 Å². The van der Waals surface area contributed by atoms with E-state index in [-0.39, 0.29) is 84.5 Å². The number of carbonyl (C=O) groups excluding carboxylic acids is 5. The van der Waals surface area contributed by atoms with Crippen molar-refractivity contribution in [1.82, 2.24) is 20.4 Å². The maximum Gasteiger partial charge on any atom is 0.311 e. The summed E-state index contributed by atoms with van der Waals surface area (Å²) < 4.78 is 25.9. The average Bonchev–Trinajstić information content (AvgIpc) is 0.843. The van der Waals surface area contributed by atoms with Crippen LogP contribution in [0.3, 0.4) is 0 Å². The van der Waals surface area contributed by atoms with E-state index in [0.29, 0.717) is 25.9 Å². The SMILES string of the molecule is CCCCCCCCC(CCCCCCCC)OC(=O)CCCCCCCN(CCCCCCCC(=O)OC(CCCCCCCC)CCCCCCCC)C(C)CNC(=O)CCC(=O)NCC(C)N(CCCCCCC(C)(C)C(=O)OC(CCCCCCCC)CCCCCCCC)CCCCCCC(C)(C)/C(=C\S)OC(CCCCCCCC)CCCCCCCC. The van der Waals surface area contributed by atoms with E-state index in [2.05, 4.69) is 117 Å². The zero-order valence-corrected chi connectivity index (χ0v) is 89.8. The van der Waals surface area contributed by atoms with E-state index in [1.807, 2.05) is 5.41 Å². The van der Waals surface area contributed by atoms with Gasteiger partial charge in [0.2, 0.25) is 11.8 Å². The second-order valence-corrected chi connectivity index (χ2v) is 42.2. The molecule has 764 valence electrons. The van der Waals surface area contributed by atoms with Gasteiger partial charge in [-0.2, -0.15) is 0 Å². The molecule has 0 heterocycles. The first kappa shape index (κ1) is 126. The number of unbranched alkanes of at least 4 members (excludes halogenated alkanes) is 54. The van der Waals surface area contributed by atoms with Gasteiger partial charge in [-0.1, -0.05) is 403 Å². The molecule has 0 saturated heterocycles. The van der Waals surface area contributed by atoms with Crippen LogP contribution in [0.5, 0.6) is 0 Å². The first-order valence-electron chi connectivity index (χ1n) is 57.3. The molecule has 0 aliphatic carbocycles. The van der Waals surface area contributed by atoms with Crippen LogP contribution in [0.4, 0.5) is 0 Å². The summed E-state index contributed by atoms with van der Waals surface area (Å²) in [4.78, 5) is 73.2. The lowest BCUT2D eigenvalue weighted by Crippen LogP contribution is -2.44. The van der Waals surface area contributed by atoms with Crippen molar-refractivity contribution in [2.75, 3.05) is 39.3 Å². The fourth-order valence-corrected chi connectivity index (χ4v) is 19.2. The number of amides is 2. The van der Waals surface area contributed by atoms with E-state index in [9.17, 15) is 24.0 Å². The van der Waals surface area contributed by atoms with Gasteiger partial charge in [-0.25, -0.2) is 0 Å². The molecule has 0 saturated carbocycles. The summed E-state index contributed by atoms with van der Waals surface area (Å²) >= 11 is 4.80. The van der Waals surface area contributed by atoms with Crippen molar-refractivity contribution < 1.29 is 42.9 Å².